The molecule has 2 heterocycles. The van der Waals surface area contributed by atoms with E-state index < -0.39 is 0 Å². The Morgan fingerprint density at radius 1 is 0.667 bits per heavy atom. The summed E-state index contributed by atoms with van der Waals surface area (Å²) in [6.45, 7) is 0. The van der Waals surface area contributed by atoms with Crippen molar-refractivity contribution in [2.24, 2.45) is 0 Å². The molecule has 0 spiro atoms. The van der Waals surface area contributed by atoms with Gasteiger partial charge >= 0.3 is 7.69 Å². The molecule has 2 aromatic carbocycles. The van der Waals surface area contributed by atoms with E-state index in [0.29, 0.717) is 0 Å². The Morgan fingerprint density at radius 2 is 1.11 bits per heavy atom. The van der Waals surface area contributed by atoms with E-state index in [0.717, 1.165) is 10.1 Å². The fourth-order valence-corrected chi connectivity index (χ4v) is 4.53. The predicted molar refractivity (Wildman–Crippen MR) is 119 cm³/mol. The molecule has 0 aliphatic heterocycles. The predicted octanol–water partition coefficient (Wildman–Crippen LogP) is 5.24. The van der Waals surface area contributed by atoms with E-state index in [2.05, 4.69) is 46.2 Å². The Kier molecular flexibility index (Phi) is 4.89. The highest BCUT2D eigenvalue weighted by atomic mass is 32.1. The Labute approximate surface area is 167 Å². The van der Waals surface area contributed by atoms with Crippen LogP contribution in [0.15, 0.2) is 48.5 Å². The van der Waals surface area contributed by atoms with Gasteiger partial charge in [-0.3, -0.25) is 0 Å². The maximum Gasteiger partial charge on any atom is 0.659 e. The lowest BCUT2D eigenvalue weighted by Crippen LogP contribution is -2.09. The lowest BCUT2D eigenvalue weighted by atomic mass is 10.2. The van der Waals surface area contributed by atoms with Crippen molar-refractivity contribution in [1.29, 1.82) is 0 Å². The third-order valence-electron chi connectivity index (χ3n) is 4.32. The minimum atomic E-state index is 0.817. The van der Waals surface area contributed by atoms with Gasteiger partial charge in [-0.2, -0.15) is 0 Å². The molecule has 27 heavy (non-hydrogen) atoms. The van der Waals surface area contributed by atoms with Gasteiger partial charge in [-0.25, -0.2) is 0 Å². The van der Waals surface area contributed by atoms with Crippen molar-refractivity contribution in [2.45, 2.75) is 0 Å². The van der Waals surface area contributed by atoms with Crippen LogP contribution in [0.3, 0.4) is 0 Å². The van der Waals surface area contributed by atoms with Gasteiger partial charge in [0, 0.05) is 49.0 Å². The molecule has 1 radical (unpaired) electrons. The Morgan fingerprint density at radius 3 is 1.52 bits per heavy atom. The zero-order valence-electron chi connectivity index (χ0n) is 15.7. The maximum absolute atomic E-state index is 5.71. The monoisotopic (exact) mass is 395 g/mol. The third-order valence-corrected chi connectivity index (χ3v) is 6.33. The molecule has 0 unspecified atom stereocenters. The Bertz CT molecular complexity index is 1000. The fraction of sp³-hybridized carbons (Fsp3) is 0.200. The molecule has 0 saturated carbocycles. The van der Waals surface area contributed by atoms with Crippen molar-refractivity contribution >= 4 is 61.9 Å². The van der Waals surface area contributed by atoms with Crippen LogP contribution < -0.4 is 19.1 Å². The molecule has 4 nitrogen and oxygen atoms in total. The number of benzene rings is 2. The molecular weight excluding hydrogens is 375 g/mol. The third kappa shape index (κ3) is 3.84. The second-order valence-corrected chi connectivity index (χ2v) is 8.79. The van der Waals surface area contributed by atoms with Gasteiger partial charge in [-0.15, -0.1) is 22.7 Å². The van der Waals surface area contributed by atoms with E-state index in [1.54, 1.807) is 22.7 Å². The summed E-state index contributed by atoms with van der Waals surface area (Å²) in [6, 6.07) is 16.9. The molecule has 0 saturated heterocycles. The molecule has 2 aromatic heterocycles. The average Bonchev–Trinajstić information content (AvgIpc) is 3.22. The first-order chi connectivity index (χ1) is 13.0. The molecule has 0 N–H and O–H groups in total. The van der Waals surface area contributed by atoms with Crippen LogP contribution in [-0.4, -0.2) is 35.9 Å². The van der Waals surface area contributed by atoms with E-state index in [9.17, 15) is 0 Å². The molecule has 0 bridgehead atoms. The second kappa shape index (κ2) is 7.33. The van der Waals surface area contributed by atoms with Crippen LogP contribution in [0.5, 0.6) is 10.1 Å². The maximum atomic E-state index is 5.71. The van der Waals surface area contributed by atoms with E-state index in [-0.39, 0.29) is 0 Å². The molecule has 0 amide bonds. The number of rotatable bonds is 6. The van der Waals surface area contributed by atoms with Crippen molar-refractivity contribution in [3.8, 4) is 10.1 Å². The molecular formula is C20H20BN2O2S2. The van der Waals surface area contributed by atoms with E-state index in [1.807, 2.05) is 40.3 Å². The second-order valence-electron chi connectivity index (χ2n) is 6.70. The van der Waals surface area contributed by atoms with E-state index >= 15 is 0 Å². The summed E-state index contributed by atoms with van der Waals surface area (Å²) in [5.74, 6) is 0. The molecule has 0 atom stereocenters. The van der Waals surface area contributed by atoms with Crippen LogP contribution in [0.4, 0.5) is 11.4 Å². The smallest absolute Gasteiger partial charge is 0.519 e. The number of fused-ring (bicyclic) bond motifs is 2. The van der Waals surface area contributed by atoms with Crippen LogP contribution in [0.2, 0.25) is 0 Å². The largest absolute Gasteiger partial charge is 0.659 e. The van der Waals surface area contributed by atoms with Gasteiger partial charge in [0.15, 0.2) is 10.1 Å². The minimum absolute atomic E-state index is 0.817. The van der Waals surface area contributed by atoms with Gasteiger partial charge in [0.2, 0.25) is 0 Å². The van der Waals surface area contributed by atoms with Crippen molar-refractivity contribution < 1.29 is 9.31 Å². The van der Waals surface area contributed by atoms with Gasteiger partial charge in [0.25, 0.3) is 0 Å². The number of nitrogens with zero attached hydrogens (tertiary/aromatic N) is 2. The van der Waals surface area contributed by atoms with Crippen molar-refractivity contribution in [2.75, 3.05) is 38.0 Å². The first-order valence-corrected chi connectivity index (χ1v) is 10.2. The fourth-order valence-electron chi connectivity index (χ4n) is 2.80. The number of hydrogen-bond donors (Lipinski definition) is 0. The van der Waals surface area contributed by atoms with Crippen molar-refractivity contribution in [1.82, 2.24) is 0 Å². The average molecular weight is 395 g/mol. The summed E-state index contributed by atoms with van der Waals surface area (Å²) < 4.78 is 13.8. The molecule has 0 aliphatic rings. The standard InChI is InChI=1S/C20H20BN2O2S2/c1-22(2)15-5-7-17-13(9-15)11-19(26-17)24-21-25-20-12-14-10-16(23(3)4)6-8-18(14)27-20/h5-12H,1-4H3. The minimum Gasteiger partial charge on any atom is -0.519 e. The summed E-state index contributed by atoms with van der Waals surface area (Å²) in [6.07, 6.45) is 0. The lowest BCUT2D eigenvalue weighted by Gasteiger charge is -2.11. The molecule has 4 aromatic rings. The highest BCUT2D eigenvalue weighted by molar-refractivity contribution is 7.21. The lowest BCUT2D eigenvalue weighted by molar-refractivity contribution is 0.474. The van der Waals surface area contributed by atoms with Crippen LogP contribution >= 0.6 is 22.7 Å². The van der Waals surface area contributed by atoms with Gasteiger partial charge in [0.1, 0.15) is 0 Å². The van der Waals surface area contributed by atoms with E-state index in [1.165, 1.54) is 39.2 Å². The topological polar surface area (TPSA) is 24.9 Å². The molecule has 7 heteroatoms. The Hall–Kier alpha value is -2.38. The summed E-state index contributed by atoms with van der Waals surface area (Å²) in [5, 5.41) is 3.98. The highest BCUT2D eigenvalue weighted by Gasteiger charge is 2.10. The molecule has 0 fully saturated rings. The SMILES string of the molecule is CN(C)c1ccc2sc(O[B]Oc3cc4cc(N(C)C)ccc4s3)cc2c1. The summed E-state index contributed by atoms with van der Waals surface area (Å²) >= 11 is 3.22. The summed E-state index contributed by atoms with van der Waals surface area (Å²) in [7, 11) is 9.57. The summed E-state index contributed by atoms with van der Waals surface area (Å²) in [4.78, 5) is 4.19. The van der Waals surface area contributed by atoms with Gasteiger partial charge in [-0.05, 0) is 59.3 Å². The normalized spacial score (nSPS) is 11.0. The zero-order chi connectivity index (χ0) is 19.0. The van der Waals surface area contributed by atoms with Crippen LogP contribution in [-0.2, 0) is 0 Å². The first-order valence-electron chi connectivity index (χ1n) is 8.56. The quantitative estimate of drug-likeness (QED) is 0.417. The van der Waals surface area contributed by atoms with Crippen LogP contribution in [0.25, 0.3) is 20.2 Å². The van der Waals surface area contributed by atoms with Gasteiger partial charge in [0.05, 0.1) is 0 Å². The number of anilines is 2. The summed E-state index contributed by atoms with van der Waals surface area (Å²) in [5.41, 5.74) is 2.35. The molecule has 0 aliphatic carbocycles. The number of hydrogen-bond acceptors (Lipinski definition) is 6. The Balaban J connectivity index is 1.43. The van der Waals surface area contributed by atoms with Crippen molar-refractivity contribution in [3.05, 3.63) is 48.5 Å². The van der Waals surface area contributed by atoms with Crippen LogP contribution in [0, 0.1) is 0 Å². The van der Waals surface area contributed by atoms with E-state index in [4.69, 9.17) is 9.31 Å². The highest BCUT2D eigenvalue weighted by Crippen LogP contribution is 2.35. The van der Waals surface area contributed by atoms with Gasteiger partial charge in [-0.1, -0.05) is 0 Å². The zero-order valence-corrected chi connectivity index (χ0v) is 17.4. The first kappa shape index (κ1) is 18.0. The molecule has 137 valence electrons. The number of thiophene rings is 2. The van der Waals surface area contributed by atoms with Crippen molar-refractivity contribution in [3.63, 3.8) is 0 Å². The van der Waals surface area contributed by atoms with Crippen LogP contribution in [0.1, 0.15) is 0 Å². The molecule has 4 rings (SSSR count). The van der Waals surface area contributed by atoms with Gasteiger partial charge < -0.3 is 19.1 Å².